The summed E-state index contributed by atoms with van der Waals surface area (Å²) in [5.74, 6) is -0.327. The van der Waals surface area contributed by atoms with E-state index in [0.717, 1.165) is 51.0 Å². The first kappa shape index (κ1) is 18.4. The third kappa shape index (κ3) is 6.33. The molecule has 0 aliphatic carbocycles. The Morgan fingerprint density at radius 1 is 1.24 bits per heavy atom. The molecule has 1 rings (SSSR count). The zero-order valence-electron chi connectivity index (χ0n) is 13.5. The Labute approximate surface area is 133 Å². The highest BCUT2D eigenvalue weighted by Gasteiger charge is 2.14. The zero-order valence-corrected chi connectivity index (χ0v) is 14.2. The van der Waals surface area contributed by atoms with E-state index in [-0.39, 0.29) is 10.8 Å². The van der Waals surface area contributed by atoms with Gasteiger partial charge in [0.2, 0.25) is 0 Å². The Bertz CT molecular complexity index is 408. The van der Waals surface area contributed by atoms with Gasteiger partial charge in [-0.2, -0.15) is 0 Å². The molecule has 0 radical (unpaired) electrons. The van der Waals surface area contributed by atoms with Crippen molar-refractivity contribution in [3.8, 4) is 0 Å². The molecule has 120 valence electrons. The third-order valence-corrected chi connectivity index (χ3v) is 4.29. The van der Waals surface area contributed by atoms with Gasteiger partial charge in [-0.15, -0.1) is 0 Å². The molecule has 0 spiro atoms. The smallest absolute Gasteiger partial charge is 0.142 e. The molecule has 0 bridgehead atoms. The van der Waals surface area contributed by atoms with Gasteiger partial charge < -0.3 is 10.2 Å². The molecule has 1 unspecified atom stereocenters. The average molecular weight is 315 g/mol. The van der Waals surface area contributed by atoms with Gasteiger partial charge >= 0.3 is 0 Å². The maximum atomic E-state index is 13.5. The molecule has 1 N–H and O–H groups in total. The monoisotopic (exact) mass is 314 g/mol. The van der Waals surface area contributed by atoms with Crippen molar-refractivity contribution >= 4 is 11.6 Å². The van der Waals surface area contributed by atoms with E-state index in [2.05, 4.69) is 31.0 Å². The Balaban J connectivity index is 2.66. The Hall–Kier alpha value is -0.640. The van der Waals surface area contributed by atoms with Crippen molar-refractivity contribution in [3.63, 3.8) is 0 Å². The quantitative estimate of drug-likeness (QED) is 0.699. The maximum Gasteiger partial charge on any atom is 0.142 e. The third-order valence-electron chi connectivity index (χ3n) is 3.87. The lowest BCUT2D eigenvalue weighted by atomic mass is 10.0. The second-order valence-electron chi connectivity index (χ2n) is 5.38. The summed E-state index contributed by atoms with van der Waals surface area (Å²) < 4.78 is 13.5. The summed E-state index contributed by atoms with van der Waals surface area (Å²) in [6.07, 6.45) is 2.92. The molecule has 0 saturated carbocycles. The SMILES string of the molecule is CCCNC(CCN(CC)CC)Cc1cccc(F)c1Cl. The molecular formula is C17H28ClFN2. The van der Waals surface area contributed by atoms with Crippen LogP contribution in [-0.4, -0.2) is 37.1 Å². The van der Waals surface area contributed by atoms with Crippen LogP contribution >= 0.6 is 11.6 Å². The van der Waals surface area contributed by atoms with Crippen molar-refractivity contribution < 1.29 is 4.39 Å². The summed E-state index contributed by atoms with van der Waals surface area (Å²) in [5, 5.41) is 3.83. The van der Waals surface area contributed by atoms with Gasteiger partial charge in [-0.25, -0.2) is 4.39 Å². The minimum absolute atomic E-state index is 0.267. The Morgan fingerprint density at radius 2 is 1.95 bits per heavy atom. The minimum atomic E-state index is -0.327. The van der Waals surface area contributed by atoms with Crippen LogP contribution in [0.5, 0.6) is 0 Å². The summed E-state index contributed by atoms with van der Waals surface area (Å²) in [7, 11) is 0. The second-order valence-corrected chi connectivity index (χ2v) is 5.76. The van der Waals surface area contributed by atoms with Gasteiger partial charge in [0.05, 0.1) is 5.02 Å². The summed E-state index contributed by atoms with van der Waals surface area (Å²) in [5.41, 5.74) is 0.893. The van der Waals surface area contributed by atoms with E-state index in [1.807, 2.05) is 6.07 Å². The second kappa shape index (κ2) is 10.1. The van der Waals surface area contributed by atoms with Crippen molar-refractivity contribution in [1.29, 1.82) is 0 Å². The van der Waals surface area contributed by atoms with E-state index in [0.29, 0.717) is 6.04 Å². The highest BCUT2D eigenvalue weighted by atomic mass is 35.5. The Morgan fingerprint density at radius 3 is 2.57 bits per heavy atom. The maximum absolute atomic E-state index is 13.5. The number of nitrogens with zero attached hydrogens (tertiary/aromatic N) is 1. The molecule has 0 heterocycles. The molecule has 1 aromatic carbocycles. The summed E-state index contributed by atoms with van der Waals surface area (Å²) in [4.78, 5) is 2.41. The predicted octanol–water partition coefficient (Wildman–Crippen LogP) is 4.12. The molecule has 0 aliphatic heterocycles. The summed E-state index contributed by atoms with van der Waals surface area (Å²) >= 11 is 6.08. The fraction of sp³-hybridized carbons (Fsp3) is 0.647. The van der Waals surface area contributed by atoms with Gasteiger partial charge in [-0.05, 0) is 57.1 Å². The van der Waals surface area contributed by atoms with Gasteiger partial charge in [-0.1, -0.05) is 44.5 Å². The van der Waals surface area contributed by atoms with E-state index < -0.39 is 0 Å². The molecule has 4 heteroatoms. The largest absolute Gasteiger partial charge is 0.314 e. The first-order chi connectivity index (χ1) is 10.1. The lowest BCUT2D eigenvalue weighted by molar-refractivity contribution is 0.280. The van der Waals surface area contributed by atoms with Crippen LogP contribution in [-0.2, 0) is 6.42 Å². The number of halogens is 2. The fourth-order valence-electron chi connectivity index (χ4n) is 2.47. The fourth-order valence-corrected chi connectivity index (χ4v) is 2.68. The first-order valence-electron chi connectivity index (χ1n) is 8.00. The molecule has 0 fully saturated rings. The molecular weight excluding hydrogens is 287 g/mol. The molecule has 0 saturated heterocycles. The van der Waals surface area contributed by atoms with Crippen molar-refractivity contribution in [2.24, 2.45) is 0 Å². The normalized spacial score (nSPS) is 12.9. The van der Waals surface area contributed by atoms with Crippen molar-refractivity contribution in [2.75, 3.05) is 26.2 Å². The average Bonchev–Trinajstić information content (AvgIpc) is 2.49. The molecule has 2 nitrogen and oxygen atoms in total. The molecule has 1 aromatic rings. The van der Waals surface area contributed by atoms with Crippen molar-refractivity contribution in [3.05, 3.63) is 34.6 Å². The lowest BCUT2D eigenvalue weighted by Gasteiger charge is -2.24. The molecule has 0 aromatic heterocycles. The van der Waals surface area contributed by atoms with Crippen LogP contribution < -0.4 is 5.32 Å². The van der Waals surface area contributed by atoms with Crippen LogP contribution in [0.1, 0.15) is 39.2 Å². The van der Waals surface area contributed by atoms with E-state index in [1.165, 1.54) is 6.07 Å². The Kier molecular flexibility index (Phi) is 8.90. The highest BCUT2D eigenvalue weighted by molar-refractivity contribution is 6.31. The van der Waals surface area contributed by atoms with Crippen LogP contribution in [0.15, 0.2) is 18.2 Å². The number of hydrogen-bond acceptors (Lipinski definition) is 2. The molecule has 0 aliphatic rings. The molecule has 1 atom stereocenters. The van der Waals surface area contributed by atoms with Crippen LogP contribution in [0.25, 0.3) is 0 Å². The molecule has 21 heavy (non-hydrogen) atoms. The van der Waals surface area contributed by atoms with Crippen LogP contribution in [0.2, 0.25) is 5.02 Å². The van der Waals surface area contributed by atoms with Crippen LogP contribution in [0.3, 0.4) is 0 Å². The van der Waals surface area contributed by atoms with Gasteiger partial charge in [0.25, 0.3) is 0 Å². The number of nitrogens with one attached hydrogen (secondary N) is 1. The van der Waals surface area contributed by atoms with Gasteiger partial charge in [-0.3, -0.25) is 0 Å². The van der Waals surface area contributed by atoms with E-state index in [9.17, 15) is 4.39 Å². The zero-order chi connectivity index (χ0) is 15.7. The minimum Gasteiger partial charge on any atom is -0.314 e. The van der Waals surface area contributed by atoms with E-state index >= 15 is 0 Å². The number of hydrogen-bond donors (Lipinski definition) is 1. The number of benzene rings is 1. The van der Waals surface area contributed by atoms with Crippen LogP contribution in [0.4, 0.5) is 4.39 Å². The van der Waals surface area contributed by atoms with Gasteiger partial charge in [0, 0.05) is 6.04 Å². The van der Waals surface area contributed by atoms with Gasteiger partial charge in [0.15, 0.2) is 0 Å². The van der Waals surface area contributed by atoms with Crippen molar-refractivity contribution in [2.45, 2.75) is 46.1 Å². The lowest BCUT2D eigenvalue weighted by Crippen LogP contribution is -2.36. The summed E-state index contributed by atoms with van der Waals surface area (Å²) in [6, 6.07) is 5.40. The standard InChI is InChI=1S/C17H28ClFN2/c1-4-11-20-15(10-12-21(5-2)6-3)13-14-8-7-9-16(19)17(14)18/h7-9,15,20H,4-6,10-13H2,1-3H3. The predicted molar refractivity (Wildman–Crippen MR) is 89.6 cm³/mol. The number of rotatable bonds is 10. The van der Waals surface area contributed by atoms with Gasteiger partial charge in [0.1, 0.15) is 5.82 Å². The molecule has 0 amide bonds. The van der Waals surface area contributed by atoms with E-state index in [4.69, 9.17) is 11.6 Å². The topological polar surface area (TPSA) is 15.3 Å². The first-order valence-corrected chi connectivity index (χ1v) is 8.38. The van der Waals surface area contributed by atoms with Crippen molar-refractivity contribution in [1.82, 2.24) is 10.2 Å². The highest BCUT2D eigenvalue weighted by Crippen LogP contribution is 2.21. The van der Waals surface area contributed by atoms with E-state index in [1.54, 1.807) is 6.07 Å². The summed E-state index contributed by atoms with van der Waals surface area (Å²) in [6.45, 7) is 10.7. The van der Waals surface area contributed by atoms with Crippen LogP contribution in [0, 0.1) is 5.82 Å².